The predicted octanol–water partition coefficient (Wildman–Crippen LogP) is 3.67. The van der Waals surface area contributed by atoms with Gasteiger partial charge in [0.1, 0.15) is 0 Å². The van der Waals surface area contributed by atoms with E-state index in [-0.39, 0.29) is 11.9 Å². The lowest BCUT2D eigenvalue weighted by Gasteiger charge is -2.40. The van der Waals surface area contributed by atoms with Crippen molar-refractivity contribution in [2.24, 2.45) is 5.73 Å². The first-order valence-corrected chi connectivity index (χ1v) is 10.5. The van der Waals surface area contributed by atoms with Crippen LogP contribution in [0.15, 0.2) is 24.3 Å². The second kappa shape index (κ2) is 7.09. The maximum Gasteiger partial charge on any atom is 0.234 e. The van der Waals surface area contributed by atoms with Gasteiger partial charge in [-0.25, -0.2) is 0 Å². The molecule has 0 saturated carbocycles. The molecule has 0 spiro atoms. The van der Waals surface area contributed by atoms with Crippen LogP contribution in [0.1, 0.15) is 62.0 Å². The maximum atomic E-state index is 11.8. The zero-order valence-corrected chi connectivity index (χ0v) is 15.1. The van der Waals surface area contributed by atoms with Crippen LogP contribution in [0.2, 0.25) is 0 Å². The van der Waals surface area contributed by atoms with Gasteiger partial charge in [-0.15, -0.1) is 11.8 Å². The van der Waals surface area contributed by atoms with Crippen molar-refractivity contribution in [2.45, 2.75) is 74.0 Å². The minimum absolute atomic E-state index is 0.0337. The molecule has 4 atom stereocenters. The fourth-order valence-electron chi connectivity index (χ4n) is 4.99. The summed E-state index contributed by atoms with van der Waals surface area (Å²) in [5, 5.41) is 1.17. The fourth-order valence-corrected chi connectivity index (χ4v) is 6.88. The Bertz CT molecular complexity index is 605. The van der Waals surface area contributed by atoms with Crippen molar-refractivity contribution >= 4 is 17.7 Å². The normalized spacial score (nSPS) is 34.0. The zero-order valence-electron chi connectivity index (χ0n) is 14.3. The Morgan fingerprint density at radius 3 is 2.83 bits per heavy atom. The number of fused-ring (bicyclic) bond motifs is 2. The molecule has 0 radical (unpaired) electrons. The molecular formula is C20H28N2OS. The third-order valence-electron chi connectivity index (χ3n) is 6.13. The topological polar surface area (TPSA) is 46.3 Å². The monoisotopic (exact) mass is 344 g/mol. The molecule has 2 fully saturated rings. The summed E-state index contributed by atoms with van der Waals surface area (Å²) in [5.74, 6) is 0.565. The van der Waals surface area contributed by atoms with Crippen LogP contribution in [0.25, 0.3) is 0 Å². The lowest BCUT2D eigenvalue weighted by molar-refractivity contribution is -0.124. The quantitative estimate of drug-likeness (QED) is 0.890. The summed E-state index contributed by atoms with van der Waals surface area (Å²) in [4.78, 5) is 14.3. The van der Waals surface area contributed by atoms with E-state index in [1.807, 2.05) is 0 Å². The van der Waals surface area contributed by atoms with E-state index in [9.17, 15) is 4.79 Å². The minimum atomic E-state index is -0.123. The molecule has 3 aliphatic rings. The van der Waals surface area contributed by atoms with Crippen LogP contribution in [-0.2, 0) is 11.2 Å². The first-order chi connectivity index (χ1) is 11.7. The Kier molecular flexibility index (Phi) is 4.86. The van der Waals surface area contributed by atoms with Crippen LogP contribution in [0, 0.1) is 0 Å². The molecule has 1 amide bonds. The minimum Gasteiger partial charge on any atom is -0.368 e. The van der Waals surface area contributed by atoms with Crippen LogP contribution in [-0.4, -0.2) is 34.0 Å². The van der Waals surface area contributed by atoms with E-state index in [2.05, 4.69) is 40.9 Å². The van der Waals surface area contributed by atoms with Gasteiger partial charge in [0.15, 0.2) is 0 Å². The summed E-state index contributed by atoms with van der Waals surface area (Å²) in [6, 6.07) is 9.03. The number of hydrogen-bond acceptors (Lipinski definition) is 3. The van der Waals surface area contributed by atoms with Gasteiger partial charge in [0.2, 0.25) is 5.91 Å². The number of nitrogens with two attached hydrogens (primary N) is 1. The molecular weight excluding hydrogens is 316 g/mol. The number of carbonyl (C=O) groups is 1. The summed E-state index contributed by atoms with van der Waals surface area (Å²) >= 11 is 2.15. The van der Waals surface area contributed by atoms with Crippen LogP contribution in [0.4, 0.5) is 0 Å². The first kappa shape index (κ1) is 16.5. The van der Waals surface area contributed by atoms with Gasteiger partial charge in [0.25, 0.3) is 0 Å². The number of nitrogens with zero attached hydrogens (tertiary/aromatic N) is 1. The maximum absolute atomic E-state index is 11.8. The van der Waals surface area contributed by atoms with E-state index in [0.717, 1.165) is 19.4 Å². The average Bonchev–Trinajstić information content (AvgIpc) is 2.83. The fraction of sp³-hybridized carbons (Fsp3) is 0.650. The van der Waals surface area contributed by atoms with E-state index >= 15 is 0 Å². The SMILES string of the molecule is NC(=O)C1CCCC2SC([C@@H]3CCCc4ccccc43)CCCN21. The summed E-state index contributed by atoms with van der Waals surface area (Å²) in [7, 11) is 0. The first-order valence-electron chi connectivity index (χ1n) is 9.52. The molecule has 0 aromatic heterocycles. The van der Waals surface area contributed by atoms with E-state index in [0.29, 0.717) is 16.5 Å². The van der Waals surface area contributed by atoms with Crippen molar-refractivity contribution < 1.29 is 4.79 Å². The highest BCUT2D eigenvalue weighted by Crippen LogP contribution is 2.46. The highest BCUT2D eigenvalue weighted by atomic mass is 32.2. The number of benzene rings is 1. The van der Waals surface area contributed by atoms with Crippen LogP contribution in [0.3, 0.4) is 0 Å². The van der Waals surface area contributed by atoms with Crippen LogP contribution in [0.5, 0.6) is 0 Å². The molecule has 4 rings (SSSR count). The number of primary amides is 1. The van der Waals surface area contributed by atoms with E-state index in [1.54, 1.807) is 11.1 Å². The highest BCUT2D eigenvalue weighted by molar-refractivity contribution is 8.00. The van der Waals surface area contributed by atoms with Crippen molar-refractivity contribution in [3.63, 3.8) is 0 Å². The lowest BCUT2D eigenvalue weighted by atomic mass is 9.80. The van der Waals surface area contributed by atoms with Gasteiger partial charge in [0.05, 0.1) is 11.4 Å². The predicted molar refractivity (Wildman–Crippen MR) is 100 cm³/mol. The summed E-state index contributed by atoms with van der Waals surface area (Å²) < 4.78 is 0. The van der Waals surface area contributed by atoms with Crippen LogP contribution >= 0.6 is 11.8 Å². The third kappa shape index (κ3) is 3.11. The molecule has 3 nitrogen and oxygen atoms in total. The van der Waals surface area contributed by atoms with Crippen molar-refractivity contribution in [1.82, 2.24) is 4.90 Å². The van der Waals surface area contributed by atoms with Crippen molar-refractivity contribution in [1.29, 1.82) is 0 Å². The highest BCUT2D eigenvalue weighted by Gasteiger charge is 2.39. The smallest absolute Gasteiger partial charge is 0.234 e. The molecule has 2 heterocycles. The number of amides is 1. The average molecular weight is 345 g/mol. The van der Waals surface area contributed by atoms with Gasteiger partial charge in [-0.3, -0.25) is 9.69 Å². The Balaban J connectivity index is 1.55. The number of piperidine rings is 1. The molecule has 2 saturated heterocycles. The Morgan fingerprint density at radius 2 is 1.96 bits per heavy atom. The number of hydrogen-bond donors (Lipinski definition) is 1. The van der Waals surface area contributed by atoms with Gasteiger partial charge >= 0.3 is 0 Å². The molecule has 2 aliphatic heterocycles. The Hall–Kier alpha value is -1.00. The summed E-state index contributed by atoms with van der Waals surface area (Å²) in [5.41, 5.74) is 8.83. The summed E-state index contributed by atoms with van der Waals surface area (Å²) in [6.07, 6.45) is 9.62. The van der Waals surface area contributed by atoms with Gasteiger partial charge < -0.3 is 5.73 Å². The number of aryl methyl sites for hydroxylation is 1. The van der Waals surface area contributed by atoms with Crippen molar-refractivity contribution in [2.75, 3.05) is 6.54 Å². The molecule has 1 aliphatic carbocycles. The van der Waals surface area contributed by atoms with E-state index in [4.69, 9.17) is 5.73 Å². The molecule has 1 aromatic carbocycles. The molecule has 4 heteroatoms. The number of carbonyl (C=O) groups excluding carboxylic acids is 1. The van der Waals surface area contributed by atoms with Gasteiger partial charge in [-0.05, 0) is 68.4 Å². The zero-order chi connectivity index (χ0) is 16.5. The number of rotatable bonds is 2. The third-order valence-corrected chi connectivity index (χ3v) is 7.86. The molecule has 0 bridgehead atoms. The molecule has 1 aromatic rings. The number of thioether (sulfide) groups is 1. The standard InChI is InChI=1S/C20H28N2OS/c21-20(23)17-10-4-12-19-22(17)13-5-11-18(24-19)16-9-3-7-14-6-1-2-8-15(14)16/h1-2,6,8,16-19H,3-5,7,9-13H2,(H2,21,23)/t16-,17?,18?,19?/m1/s1. The van der Waals surface area contributed by atoms with Gasteiger partial charge in [-0.2, -0.15) is 0 Å². The summed E-state index contributed by atoms with van der Waals surface area (Å²) in [6.45, 7) is 1.04. The molecule has 130 valence electrons. The second-order valence-corrected chi connectivity index (χ2v) is 8.98. The Morgan fingerprint density at radius 1 is 1.08 bits per heavy atom. The molecule has 3 unspecified atom stereocenters. The Labute approximate surface area is 149 Å². The van der Waals surface area contributed by atoms with Crippen LogP contribution < -0.4 is 5.73 Å². The molecule has 24 heavy (non-hydrogen) atoms. The lowest BCUT2D eigenvalue weighted by Crippen LogP contribution is -2.51. The van der Waals surface area contributed by atoms with Gasteiger partial charge in [0, 0.05) is 11.8 Å². The van der Waals surface area contributed by atoms with E-state index < -0.39 is 0 Å². The largest absolute Gasteiger partial charge is 0.368 e. The second-order valence-electron chi connectivity index (χ2n) is 7.56. The van der Waals surface area contributed by atoms with Crippen molar-refractivity contribution in [3.05, 3.63) is 35.4 Å². The van der Waals surface area contributed by atoms with E-state index in [1.165, 1.54) is 38.5 Å². The van der Waals surface area contributed by atoms with Crippen molar-refractivity contribution in [3.8, 4) is 0 Å². The van der Waals surface area contributed by atoms with Gasteiger partial charge in [-0.1, -0.05) is 24.3 Å². The molecule has 2 N–H and O–H groups in total.